The highest BCUT2D eigenvalue weighted by Crippen LogP contribution is 2.58. The lowest BCUT2D eigenvalue weighted by Crippen LogP contribution is -2.44. The predicted molar refractivity (Wildman–Crippen MR) is 416 cm³/mol. The SMILES string of the molecule is CC1(C)c2ccc(-c3cc(-c4nc(-c5ccccc5)nc(-c5ccccc5)n4)c4ccccc4c3)cc2-c2cccc(-c3ccccc3)c2C1(C)C.CC1(C)c2ccc(-c3ccccc3)cc2-c2cc(-c3nc4ccccc4nc3-c3ccc4c(c3)sc3ccccc34)ccc2C1(C)C. The summed E-state index contributed by atoms with van der Waals surface area (Å²) in [5.74, 6) is 1.97. The first-order chi connectivity index (χ1) is 48.1. The summed E-state index contributed by atoms with van der Waals surface area (Å²) < 4.78 is 2.57. The second kappa shape index (κ2) is 23.8. The Morgan fingerprint density at radius 3 is 1.24 bits per heavy atom. The molecule has 16 aromatic rings. The van der Waals surface area contributed by atoms with E-state index in [1.165, 1.54) is 86.9 Å². The van der Waals surface area contributed by atoms with Crippen molar-refractivity contribution in [3.63, 3.8) is 0 Å². The van der Waals surface area contributed by atoms with Crippen LogP contribution < -0.4 is 0 Å². The zero-order chi connectivity index (χ0) is 67.4. The first-order valence-corrected chi connectivity index (χ1v) is 35.2. The van der Waals surface area contributed by atoms with Crippen molar-refractivity contribution in [2.24, 2.45) is 0 Å². The average Bonchev–Trinajstić information content (AvgIpc) is 1.68. The Morgan fingerprint density at radius 1 is 0.232 bits per heavy atom. The van der Waals surface area contributed by atoms with Crippen LogP contribution in [-0.4, -0.2) is 24.9 Å². The fourth-order valence-electron chi connectivity index (χ4n) is 15.6. The molecule has 0 saturated heterocycles. The van der Waals surface area contributed by atoms with Crippen molar-refractivity contribution in [1.29, 1.82) is 0 Å². The number of benzene rings is 13. The van der Waals surface area contributed by atoms with Crippen molar-refractivity contribution in [2.45, 2.75) is 77.0 Å². The van der Waals surface area contributed by atoms with Crippen LogP contribution in [0, 0.1) is 0 Å². The molecule has 99 heavy (non-hydrogen) atoms. The lowest BCUT2D eigenvalue weighted by atomic mass is 9.54. The third kappa shape index (κ3) is 10.3. The van der Waals surface area contributed by atoms with Crippen molar-refractivity contribution in [3.05, 3.63) is 320 Å². The van der Waals surface area contributed by atoms with Gasteiger partial charge in [0.1, 0.15) is 0 Å². The van der Waals surface area contributed by atoms with Gasteiger partial charge in [-0.05, 0) is 160 Å². The second-order valence-electron chi connectivity index (χ2n) is 28.7. The summed E-state index contributed by atoms with van der Waals surface area (Å²) >= 11 is 1.84. The maximum atomic E-state index is 5.32. The molecule has 0 radical (unpaired) electrons. The van der Waals surface area contributed by atoms with Gasteiger partial charge in [0.05, 0.1) is 22.4 Å². The van der Waals surface area contributed by atoms with Gasteiger partial charge in [-0.1, -0.05) is 298 Å². The molecule has 0 bridgehead atoms. The molecule has 0 spiro atoms. The van der Waals surface area contributed by atoms with E-state index in [0.29, 0.717) is 17.5 Å². The van der Waals surface area contributed by atoms with Crippen LogP contribution in [-0.2, 0) is 21.7 Å². The van der Waals surface area contributed by atoms with Crippen LogP contribution in [0.3, 0.4) is 0 Å². The summed E-state index contributed by atoms with van der Waals surface area (Å²) in [6.45, 7) is 19.2. The van der Waals surface area contributed by atoms with Crippen molar-refractivity contribution in [2.75, 3.05) is 0 Å². The van der Waals surface area contributed by atoms with Crippen molar-refractivity contribution in [3.8, 4) is 112 Å². The monoisotopic (exact) mass is 1290 g/mol. The van der Waals surface area contributed by atoms with Gasteiger partial charge in [0.2, 0.25) is 0 Å². The molecule has 3 aromatic heterocycles. The average molecular weight is 1290 g/mol. The van der Waals surface area contributed by atoms with E-state index in [1.807, 2.05) is 59.9 Å². The molecule has 6 heteroatoms. The van der Waals surface area contributed by atoms with Crippen LogP contribution in [0.2, 0.25) is 0 Å². The normalized spacial score (nSPS) is 14.4. The molecule has 3 heterocycles. The van der Waals surface area contributed by atoms with Gasteiger partial charge in [-0.25, -0.2) is 24.9 Å². The van der Waals surface area contributed by atoms with E-state index in [4.69, 9.17) is 24.9 Å². The molecule has 13 aromatic carbocycles. The van der Waals surface area contributed by atoms with Crippen LogP contribution in [0.15, 0.2) is 297 Å². The lowest BCUT2D eigenvalue weighted by Gasteiger charge is -2.49. The van der Waals surface area contributed by atoms with Gasteiger partial charge in [0.25, 0.3) is 0 Å². The van der Waals surface area contributed by atoms with Crippen molar-refractivity contribution in [1.82, 2.24) is 24.9 Å². The molecule has 0 saturated carbocycles. The van der Waals surface area contributed by atoms with Gasteiger partial charge < -0.3 is 0 Å². The maximum absolute atomic E-state index is 5.32. The highest BCUT2D eigenvalue weighted by molar-refractivity contribution is 7.25. The number of hydrogen-bond donors (Lipinski definition) is 0. The van der Waals surface area contributed by atoms with Crippen LogP contribution in [0.1, 0.15) is 77.6 Å². The number of fused-ring (bicyclic) bond motifs is 11. The number of para-hydroxylation sites is 2. The van der Waals surface area contributed by atoms with Gasteiger partial charge >= 0.3 is 0 Å². The molecular formula is C93H73N5S. The molecule has 5 nitrogen and oxygen atoms in total. The van der Waals surface area contributed by atoms with Crippen molar-refractivity contribution < 1.29 is 0 Å². The highest BCUT2D eigenvalue weighted by atomic mass is 32.1. The van der Waals surface area contributed by atoms with Crippen LogP contribution in [0.5, 0.6) is 0 Å². The topological polar surface area (TPSA) is 64.5 Å². The molecule has 476 valence electrons. The third-order valence-electron chi connectivity index (χ3n) is 22.3. The zero-order valence-electron chi connectivity index (χ0n) is 56.9. The Morgan fingerprint density at radius 2 is 0.646 bits per heavy atom. The van der Waals surface area contributed by atoms with E-state index in [9.17, 15) is 0 Å². The van der Waals surface area contributed by atoms with E-state index < -0.39 is 0 Å². The first kappa shape index (κ1) is 61.3. The molecule has 0 N–H and O–H groups in total. The molecule has 18 rings (SSSR count). The van der Waals surface area contributed by atoms with Crippen LogP contribution in [0.25, 0.3) is 154 Å². The smallest absolute Gasteiger partial charge is 0.164 e. The molecule has 2 aliphatic rings. The van der Waals surface area contributed by atoms with Gasteiger partial charge in [-0.3, -0.25) is 0 Å². The van der Waals surface area contributed by atoms with Crippen molar-refractivity contribution >= 4 is 53.3 Å². The Kier molecular flexibility index (Phi) is 14.7. The lowest BCUT2D eigenvalue weighted by molar-refractivity contribution is 0.299. The Hall–Kier alpha value is -11.3. The third-order valence-corrected chi connectivity index (χ3v) is 23.4. The molecule has 0 amide bonds. The fourth-order valence-corrected chi connectivity index (χ4v) is 16.7. The van der Waals surface area contributed by atoms with Gasteiger partial charge in [-0.15, -0.1) is 11.3 Å². The molecule has 2 aliphatic carbocycles. The van der Waals surface area contributed by atoms with E-state index in [0.717, 1.165) is 72.1 Å². The largest absolute Gasteiger partial charge is 0.244 e. The Bertz CT molecular complexity index is 5790. The predicted octanol–water partition coefficient (Wildman–Crippen LogP) is 24.8. The zero-order valence-corrected chi connectivity index (χ0v) is 57.8. The van der Waals surface area contributed by atoms with Gasteiger partial charge in [0.15, 0.2) is 17.5 Å². The molecule has 0 fully saturated rings. The minimum Gasteiger partial charge on any atom is -0.244 e. The van der Waals surface area contributed by atoms with E-state index in [2.05, 4.69) is 304 Å². The number of aromatic nitrogens is 5. The Balaban J connectivity index is 0.000000149. The first-order valence-electron chi connectivity index (χ1n) is 34.4. The fraction of sp³-hybridized carbons (Fsp3) is 0.129. The highest BCUT2D eigenvalue weighted by Gasteiger charge is 2.48. The maximum Gasteiger partial charge on any atom is 0.164 e. The number of nitrogens with zero attached hydrogens (tertiary/aromatic N) is 5. The molecular weight excluding hydrogens is 1220 g/mol. The summed E-state index contributed by atoms with van der Waals surface area (Å²) in [5.41, 5.74) is 26.4. The summed E-state index contributed by atoms with van der Waals surface area (Å²) in [4.78, 5) is 25.8. The van der Waals surface area contributed by atoms with E-state index in [1.54, 1.807) is 0 Å². The van der Waals surface area contributed by atoms with Gasteiger partial charge in [0, 0.05) is 53.4 Å². The van der Waals surface area contributed by atoms with E-state index in [-0.39, 0.29) is 21.7 Å². The van der Waals surface area contributed by atoms with Crippen LogP contribution >= 0.6 is 11.3 Å². The Labute approximate surface area is 583 Å². The van der Waals surface area contributed by atoms with E-state index >= 15 is 0 Å². The quantitative estimate of drug-likeness (QED) is 0.152. The second-order valence-corrected chi connectivity index (χ2v) is 29.8. The van der Waals surface area contributed by atoms with Crippen LogP contribution in [0.4, 0.5) is 0 Å². The minimum absolute atomic E-state index is 0.0559. The summed E-state index contributed by atoms with van der Waals surface area (Å²) in [6, 6.07) is 107. The summed E-state index contributed by atoms with van der Waals surface area (Å²) in [7, 11) is 0. The molecule has 0 aliphatic heterocycles. The number of thiophene rings is 1. The summed E-state index contributed by atoms with van der Waals surface area (Å²) in [6.07, 6.45) is 0. The molecule has 0 unspecified atom stereocenters. The number of hydrogen-bond acceptors (Lipinski definition) is 6. The standard InChI is InChI=1S/C49H39N3.C44H34N2S/c1-48(2)43-28-27-35(30-41(43)40-26-16-25-39(44(40)49(48,3)4)32-17-8-5-9-18-32)37-29-36-23-14-15-24-38(36)42(31-37)47-51-45(33-19-10-6-11-20-33)50-46(52-47)34-21-12-7-13-22-34;1-43(2)35-22-19-28(27-12-6-5-7-13-27)24-33(35)34-25-29(20-23-36(34)44(43,3)4)41-42(46-38-16-10-9-15-37(38)45-41)30-18-21-32-31-14-8-11-17-39(31)47-40(32)26-30/h5-31H,1-4H3;5-26H,1-4H3. The summed E-state index contributed by atoms with van der Waals surface area (Å²) in [5, 5.41) is 4.84. The minimum atomic E-state index is -0.111. The number of rotatable bonds is 8. The molecule has 0 atom stereocenters. The van der Waals surface area contributed by atoms with Gasteiger partial charge in [-0.2, -0.15) is 0 Å².